The number of aryl methyl sites for hydroxylation is 1. The second-order valence-corrected chi connectivity index (χ2v) is 9.69. The van der Waals surface area contributed by atoms with Crippen molar-refractivity contribution in [2.45, 2.75) is 62.4 Å². The minimum absolute atomic E-state index is 0.254. The molecule has 1 N–H and O–H groups in total. The average molecular weight is 400 g/mol. The molecule has 1 spiro atoms. The number of alkyl halides is 2. The van der Waals surface area contributed by atoms with E-state index < -0.39 is 22.7 Å². The molecule has 3 fully saturated rings. The van der Waals surface area contributed by atoms with Crippen LogP contribution in [0.3, 0.4) is 0 Å². The fourth-order valence-corrected chi connectivity index (χ4v) is 5.86. The SMILES string of the molecule is Cc1nc(C(C)(F)F)ncc1S(=O)N1CC2(CC(NC3CCOCC3)C2)C1. The maximum atomic E-state index is 13.3. The second kappa shape index (κ2) is 7.09. The molecule has 1 saturated carbocycles. The van der Waals surface area contributed by atoms with Crippen LogP contribution >= 0.6 is 0 Å². The molecule has 1 unspecified atom stereocenters. The van der Waals surface area contributed by atoms with Crippen LogP contribution in [0.5, 0.6) is 0 Å². The summed E-state index contributed by atoms with van der Waals surface area (Å²) < 4.78 is 46.7. The Morgan fingerprint density at radius 1 is 1.30 bits per heavy atom. The Kier molecular flexibility index (Phi) is 5.07. The Morgan fingerprint density at radius 3 is 2.56 bits per heavy atom. The molecule has 3 heterocycles. The zero-order valence-corrected chi connectivity index (χ0v) is 16.5. The summed E-state index contributed by atoms with van der Waals surface area (Å²) in [5.74, 6) is -3.62. The van der Waals surface area contributed by atoms with Crippen LogP contribution in [-0.2, 0) is 21.6 Å². The van der Waals surface area contributed by atoms with Crippen molar-refractivity contribution in [3.8, 4) is 0 Å². The van der Waals surface area contributed by atoms with Crippen molar-refractivity contribution in [1.29, 1.82) is 0 Å². The third kappa shape index (κ3) is 3.92. The van der Waals surface area contributed by atoms with Crippen LogP contribution in [-0.4, -0.2) is 56.9 Å². The predicted octanol–water partition coefficient (Wildman–Crippen LogP) is 2.15. The third-order valence-corrected chi connectivity index (χ3v) is 7.33. The van der Waals surface area contributed by atoms with Crippen LogP contribution in [0, 0.1) is 12.3 Å². The number of ether oxygens (including phenoxy) is 1. The Balaban J connectivity index is 1.29. The average Bonchev–Trinajstić information content (AvgIpc) is 2.55. The molecule has 0 amide bonds. The normalized spacial score (nSPS) is 25.2. The molecular weight excluding hydrogens is 374 g/mol. The molecule has 1 aromatic rings. The van der Waals surface area contributed by atoms with Crippen molar-refractivity contribution < 1.29 is 17.7 Å². The summed E-state index contributed by atoms with van der Waals surface area (Å²) in [4.78, 5) is 8.00. The van der Waals surface area contributed by atoms with Crippen LogP contribution in [0.1, 0.15) is 44.1 Å². The van der Waals surface area contributed by atoms with E-state index in [2.05, 4.69) is 15.3 Å². The quantitative estimate of drug-likeness (QED) is 0.820. The molecule has 1 atom stereocenters. The standard InChI is InChI=1S/C18H26F2N4O2S/c1-12-15(9-21-16(22-12)17(2,19)20)27(25)24-10-18(11-24)7-14(8-18)23-13-3-5-26-6-4-13/h9,13-14,23H,3-8,10-11H2,1-2H3. The van der Waals surface area contributed by atoms with Crippen molar-refractivity contribution in [3.63, 3.8) is 0 Å². The van der Waals surface area contributed by atoms with Gasteiger partial charge in [-0.25, -0.2) is 18.5 Å². The van der Waals surface area contributed by atoms with Gasteiger partial charge in [-0.3, -0.25) is 0 Å². The van der Waals surface area contributed by atoms with E-state index in [1.165, 1.54) is 6.20 Å². The minimum atomic E-state index is -3.09. The van der Waals surface area contributed by atoms with Crippen molar-refractivity contribution >= 4 is 11.0 Å². The summed E-state index contributed by atoms with van der Waals surface area (Å²) >= 11 is 0. The number of hydrogen-bond donors (Lipinski definition) is 1. The van der Waals surface area contributed by atoms with E-state index in [0.29, 0.717) is 22.7 Å². The van der Waals surface area contributed by atoms with E-state index in [1.54, 1.807) is 6.92 Å². The van der Waals surface area contributed by atoms with Crippen LogP contribution in [0.4, 0.5) is 8.78 Å². The smallest absolute Gasteiger partial charge is 0.303 e. The zero-order chi connectivity index (χ0) is 19.2. The largest absolute Gasteiger partial charge is 0.381 e. The molecule has 4 rings (SSSR count). The van der Waals surface area contributed by atoms with Gasteiger partial charge in [-0.15, -0.1) is 0 Å². The molecule has 1 aromatic heterocycles. The lowest BCUT2D eigenvalue weighted by atomic mass is 9.61. The molecule has 0 radical (unpaired) electrons. The molecular formula is C18H26F2N4O2S. The van der Waals surface area contributed by atoms with Crippen molar-refractivity contribution in [2.75, 3.05) is 26.3 Å². The number of aromatic nitrogens is 2. The Labute approximate surface area is 160 Å². The lowest BCUT2D eigenvalue weighted by Crippen LogP contribution is -2.67. The fourth-order valence-electron chi connectivity index (χ4n) is 4.36. The van der Waals surface area contributed by atoms with E-state index in [-0.39, 0.29) is 5.41 Å². The van der Waals surface area contributed by atoms with Gasteiger partial charge in [0.15, 0.2) is 5.82 Å². The summed E-state index contributed by atoms with van der Waals surface area (Å²) in [5, 5.41) is 3.72. The number of nitrogens with one attached hydrogen (secondary N) is 1. The topological polar surface area (TPSA) is 67.4 Å². The molecule has 0 aromatic carbocycles. The highest BCUT2D eigenvalue weighted by Crippen LogP contribution is 2.49. The van der Waals surface area contributed by atoms with Crippen molar-refractivity contribution in [1.82, 2.24) is 19.6 Å². The molecule has 150 valence electrons. The van der Waals surface area contributed by atoms with Crippen LogP contribution in [0.25, 0.3) is 0 Å². The first-order valence-electron chi connectivity index (χ1n) is 9.48. The van der Waals surface area contributed by atoms with Gasteiger partial charge in [-0.2, -0.15) is 8.78 Å². The molecule has 2 saturated heterocycles. The van der Waals surface area contributed by atoms with E-state index >= 15 is 0 Å². The summed E-state index contributed by atoms with van der Waals surface area (Å²) in [6.07, 6.45) is 5.65. The molecule has 3 aliphatic rings. The van der Waals surface area contributed by atoms with Gasteiger partial charge >= 0.3 is 5.92 Å². The monoisotopic (exact) mass is 400 g/mol. The van der Waals surface area contributed by atoms with Crippen LogP contribution in [0.2, 0.25) is 0 Å². The van der Waals surface area contributed by atoms with Gasteiger partial charge in [0, 0.05) is 56.9 Å². The highest BCUT2D eigenvalue weighted by atomic mass is 32.2. The van der Waals surface area contributed by atoms with Gasteiger partial charge in [0.05, 0.1) is 10.6 Å². The van der Waals surface area contributed by atoms with Gasteiger partial charge in [0.1, 0.15) is 11.0 Å². The Hall–Kier alpha value is -1.03. The van der Waals surface area contributed by atoms with E-state index in [4.69, 9.17) is 4.74 Å². The first kappa shape index (κ1) is 19.3. The number of rotatable bonds is 5. The fraction of sp³-hybridized carbons (Fsp3) is 0.778. The number of nitrogens with zero attached hydrogens (tertiary/aromatic N) is 3. The highest BCUT2D eigenvalue weighted by Gasteiger charge is 2.54. The van der Waals surface area contributed by atoms with E-state index in [0.717, 1.165) is 58.9 Å². The molecule has 2 aliphatic heterocycles. The van der Waals surface area contributed by atoms with Crippen LogP contribution in [0.15, 0.2) is 11.1 Å². The summed E-state index contributed by atoms with van der Waals surface area (Å²) in [6, 6.07) is 1.10. The van der Waals surface area contributed by atoms with Gasteiger partial charge in [-0.05, 0) is 32.6 Å². The van der Waals surface area contributed by atoms with Gasteiger partial charge in [0.25, 0.3) is 0 Å². The van der Waals surface area contributed by atoms with Gasteiger partial charge in [0.2, 0.25) is 0 Å². The minimum Gasteiger partial charge on any atom is -0.381 e. The van der Waals surface area contributed by atoms with Gasteiger partial charge in [-0.1, -0.05) is 0 Å². The number of hydrogen-bond acceptors (Lipinski definition) is 5. The van der Waals surface area contributed by atoms with E-state index in [9.17, 15) is 13.0 Å². The Bertz CT molecular complexity index is 723. The maximum absolute atomic E-state index is 13.3. The van der Waals surface area contributed by atoms with Gasteiger partial charge < -0.3 is 10.1 Å². The molecule has 6 nitrogen and oxygen atoms in total. The summed E-state index contributed by atoms with van der Waals surface area (Å²) in [6.45, 7) is 5.60. The molecule has 1 aliphatic carbocycles. The van der Waals surface area contributed by atoms with Crippen molar-refractivity contribution in [2.24, 2.45) is 5.41 Å². The predicted molar refractivity (Wildman–Crippen MR) is 96.8 cm³/mol. The molecule has 9 heteroatoms. The molecule has 27 heavy (non-hydrogen) atoms. The maximum Gasteiger partial charge on any atom is 0.303 e. The highest BCUT2D eigenvalue weighted by molar-refractivity contribution is 7.82. The summed E-state index contributed by atoms with van der Waals surface area (Å²) in [7, 11) is -1.39. The lowest BCUT2D eigenvalue weighted by Gasteiger charge is -2.59. The number of halogens is 2. The summed E-state index contributed by atoms with van der Waals surface area (Å²) in [5.41, 5.74) is 0.609. The Morgan fingerprint density at radius 2 is 1.96 bits per heavy atom. The van der Waals surface area contributed by atoms with E-state index in [1.807, 2.05) is 4.31 Å². The zero-order valence-electron chi connectivity index (χ0n) is 15.7. The van der Waals surface area contributed by atoms with Crippen LogP contribution < -0.4 is 5.32 Å². The third-order valence-electron chi connectivity index (χ3n) is 5.82. The first-order valence-corrected chi connectivity index (χ1v) is 10.6. The van der Waals surface area contributed by atoms with Crippen molar-refractivity contribution in [3.05, 3.63) is 17.7 Å². The lowest BCUT2D eigenvalue weighted by molar-refractivity contribution is -0.0392. The second-order valence-electron chi connectivity index (χ2n) is 8.24. The first-order chi connectivity index (χ1) is 12.8. The molecule has 0 bridgehead atoms.